The van der Waals surface area contributed by atoms with E-state index < -0.39 is 42.0 Å². The van der Waals surface area contributed by atoms with E-state index in [1.807, 2.05) is 0 Å². The zero-order valence-electron chi connectivity index (χ0n) is 20.0. The first-order valence-corrected chi connectivity index (χ1v) is 11.5. The molecule has 0 atom stereocenters. The van der Waals surface area contributed by atoms with Crippen LogP contribution >= 0.6 is 7.82 Å². The van der Waals surface area contributed by atoms with Crippen LogP contribution in [0.2, 0.25) is 0 Å². The summed E-state index contributed by atoms with van der Waals surface area (Å²) < 4.78 is 28.6. The second kappa shape index (κ2) is 9.20. The van der Waals surface area contributed by atoms with Gasteiger partial charge in [-0.2, -0.15) is 4.57 Å². The Morgan fingerprint density at radius 1 is 0.552 bits per heavy atom. The SMILES string of the molecule is CC(C)C(C)(C)C(=O)OP(=O)(OC(=O)C(C)(C)C(C)C)OC(=O)C(C)(C)C(C)C. The Balaban J connectivity index is 6.01. The molecule has 0 saturated heterocycles. The van der Waals surface area contributed by atoms with Crippen LogP contribution in [0.25, 0.3) is 0 Å². The van der Waals surface area contributed by atoms with Crippen LogP contribution in [0.3, 0.4) is 0 Å². The molecule has 0 aliphatic rings. The highest BCUT2D eigenvalue weighted by Gasteiger charge is 2.49. The molecular formula is C21H39O7P. The molecular weight excluding hydrogens is 395 g/mol. The van der Waals surface area contributed by atoms with E-state index >= 15 is 0 Å². The minimum atomic E-state index is -4.84. The molecule has 0 aromatic heterocycles. The maximum absolute atomic E-state index is 13.3. The predicted molar refractivity (Wildman–Crippen MR) is 112 cm³/mol. The normalized spacial score (nSPS) is 13.6. The van der Waals surface area contributed by atoms with Crippen molar-refractivity contribution in [1.29, 1.82) is 0 Å². The molecule has 0 unspecified atom stereocenters. The van der Waals surface area contributed by atoms with E-state index in [0.717, 1.165) is 0 Å². The second-order valence-electron chi connectivity index (χ2n) is 10.2. The van der Waals surface area contributed by atoms with E-state index in [-0.39, 0.29) is 17.8 Å². The fourth-order valence-electron chi connectivity index (χ4n) is 1.42. The number of carbonyl (C=O) groups excluding carboxylic acids is 3. The van der Waals surface area contributed by atoms with E-state index in [9.17, 15) is 18.9 Å². The summed E-state index contributed by atoms with van der Waals surface area (Å²) in [6.45, 7) is 20.5. The molecule has 0 aromatic rings. The average Bonchev–Trinajstić information content (AvgIpc) is 2.53. The van der Waals surface area contributed by atoms with E-state index in [4.69, 9.17) is 13.6 Å². The van der Waals surface area contributed by atoms with Crippen LogP contribution in [0, 0.1) is 34.0 Å². The lowest BCUT2D eigenvalue weighted by molar-refractivity contribution is -0.158. The number of carbonyl (C=O) groups is 3. The van der Waals surface area contributed by atoms with Crippen molar-refractivity contribution in [2.24, 2.45) is 34.0 Å². The smallest absolute Gasteiger partial charge is 0.351 e. The van der Waals surface area contributed by atoms with Gasteiger partial charge in [0.2, 0.25) is 0 Å². The Morgan fingerprint density at radius 2 is 0.724 bits per heavy atom. The Labute approximate surface area is 175 Å². The minimum Gasteiger partial charge on any atom is -0.351 e. The van der Waals surface area contributed by atoms with E-state index in [1.54, 1.807) is 83.1 Å². The van der Waals surface area contributed by atoms with Gasteiger partial charge in [0.1, 0.15) is 0 Å². The lowest BCUT2D eigenvalue weighted by atomic mass is 9.81. The third-order valence-electron chi connectivity index (χ3n) is 6.49. The van der Waals surface area contributed by atoms with Crippen molar-refractivity contribution in [2.45, 2.75) is 83.1 Å². The fraction of sp³-hybridized carbons (Fsp3) is 0.857. The fourth-order valence-corrected chi connectivity index (χ4v) is 2.85. The topological polar surface area (TPSA) is 96.0 Å². The summed E-state index contributed by atoms with van der Waals surface area (Å²) >= 11 is 0. The second-order valence-corrected chi connectivity index (χ2v) is 11.7. The maximum Gasteiger partial charge on any atom is 0.653 e. The first-order valence-electron chi connectivity index (χ1n) is 10.0. The first kappa shape index (κ1) is 27.6. The largest absolute Gasteiger partial charge is 0.653 e. The molecule has 0 saturated carbocycles. The number of rotatable bonds is 9. The van der Waals surface area contributed by atoms with Gasteiger partial charge in [0.25, 0.3) is 0 Å². The molecule has 0 aromatic carbocycles. The highest BCUT2D eigenvalue weighted by Crippen LogP contribution is 2.55. The Morgan fingerprint density at radius 3 is 0.862 bits per heavy atom. The average molecular weight is 435 g/mol. The summed E-state index contributed by atoms with van der Waals surface area (Å²) in [4.78, 5) is 38.0. The summed E-state index contributed by atoms with van der Waals surface area (Å²) in [6.07, 6.45) is 0. The van der Waals surface area contributed by atoms with Crippen molar-refractivity contribution in [3.63, 3.8) is 0 Å². The predicted octanol–water partition coefficient (Wildman–Crippen LogP) is 5.77. The standard InChI is InChI=1S/C21H39O7P/c1-13(2)19(7,8)16(22)26-29(25,27-17(23)20(9,10)14(3)4)28-18(24)21(11,12)15(5)6/h13-15H,1-12H3. The minimum absolute atomic E-state index is 0.158. The quantitative estimate of drug-likeness (QED) is 0.425. The highest BCUT2D eigenvalue weighted by atomic mass is 31.2. The molecule has 0 amide bonds. The summed E-state index contributed by atoms with van der Waals surface area (Å²) in [5, 5.41) is 0. The lowest BCUT2D eigenvalue weighted by Crippen LogP contribution is -2.36. The zero-order chi connectivity index (χ0) is 23.6. The van der Waals surface area contributed by atoms with Gasteiger partial charge in [0, 0.05) is 0 Å². The molecule has 8 heteroatoms. The maximum atomic E-state index is 13.3. The highest BCUT2D eigenvalue weighted by molar-refractivity contribution is 7.50. The van der Waals surface area contributed by atoms with Gasteiger partial charge in [-0.3, -0.25) is 14.4 Å². The molecule has 0 spiro atoms. The molecule has 0 aliphatic heterocycles. The Hall–Kier alpha value is -1.36. The lowest BCUT2D eigenvalue weighted by Gasteiger charge is -2.32. The van der Waals surface area contributed by atoms with Crippen LogP contribution in [0.5, 0.6) is 0 Å². The van der Waals surface area contributed by atoms with Gasteiger partial charge in [0.05, 0.1) is 16.2 Å². The number of hydrogen-bond acceptors (Lipinski definition) is 7. The van der Waals surface area contributed by atoms with Crippen molar-refractivity contribution < 1.29 is 32.5 Å². The molecule has 0 radical (unpaired) electrons. The number of phosphoric acid groups is 1. The van der Waals surface area contributed by atoms with Crippen LogP contribution < -0.4 is 0 Å². The Bertz CT molecular complexity index is 582. The van der Waals surface area contributed by atoms with Crippen molar-refractivity contribution >= 4 is 25.7 Å². The molecule has 0 fully saturated rings. The van der Waals surface area contributed by atoms with Crippen molar-refractivity contribution in [3.8, 4) is 0 Å². The summed E-state index contributed by atoms with van der Waals surface area (Å²) in [5.41, 5.74) is -3.10. The molecule has 0 bridgehead atoms. The number of hydrogen-bond donors (Lipinski definition) is 0. The Kier molecular flexibility index (Phi) is 8.76. The summed E-state index contributed by atoms with van der Waals surface area (Å²) in [6, 6.07) is 0. The van der Waals surface area contributed by atoms with Gasteiger partial charge in [-0.1, -0.05) is 41.5 Å². The van der Waals surface area contributed by atoms with Gasteiger partial charge in [0.15, 0.2) is 0 Å². The van der Waals surface area contributed by atoms with Crippen molar-refractivity contribution in [2.75, 3.05) is 0 Å². The summed E-state index contributed by atoms with van der Waals surface area (Å²) in [5.74, 6) is -3.10. The van der Waals surface area contributed by atoms with Crippen molar-refractivity contribution in [3.05, 3.63) is 0 Å². The molecule has 7 nitrogen and oxygen atoms in total. The third kappa shape index (κ3) is 6.56. The van der Waals surface area contributed by atoms with Crippen LogP contribution in [-0.4, -0.2) is 17.9 Å². The van der Waals surface area contributed by atoms with Gasteiger partial charge < -0.3 is 13.6 Å². The molecule has 0 N–H and O–H groups in total. The van der Waals surface area contributed by atoms with Crippen molar-refractivity contribution in [1.82, 2.24) is 0 Å². The monoisotopic (exact) mass is 434 g/mol. The van der Waals surface area contributed by atoms with Gasteiger partial charge in [-0.25, -0.2) is 0 Å². The third-order valence-corrected chi connectivity index (χ3v) is 7.66. The van der Waals surface area contributed by atoms with Crippen LogP contribution in [0.1, 0.15) is 83.1 Å². The van der Waals surface area contributed by atoms with Gasteiger partial charge in [-0.15, -0.1) is 0 Å². The molecule has 29 heavy (non-hydrogen) atoms. The molecule has 0 heterocycles. The summed E-state index contributed by atoms with van der Waals surface area (Å²) in [7, 11) is -4.84. The molecule has 170 valence electrons. The van der Waals surface area contributed by atoms with Gasteiger partial charge in [-0.05, 0) is 59.3 Å². The van der Waals surface area contributed by atoms with E-state index in [2.05, 4.69) is 0 Å². The van der Waals surface area contributed by atoms with E-state index in [0.29, 0.717) is 0 Å². The van der Waals surface area contributed by atoms with Crippen LogP contribution in [-0.2, 0) is 32.5 Å². The first-order chi connectivity index (χ1) is 12.7. The molecule has 0 rings (SSSR count). The van der Waals surface area contributed by atoms with Crippen LogP contribution in [0.4, 0.5) is 0 Å². The van der Waals surface area contributed by atoms with E-state index in [1.165, 1.54) is 0 Å². The zero-order valence-corrected chi connectivity index (χ0v) is 20.9. The van der Waals surface area contributed by atoms with Crippen LogP contribution in [0.15, 0.2) is 0 Å². The number of phosphoric ester groups is 1. The van der Waals surface area contributed by atoms with Gasteiger partial charge >= 0.3 is 25.7 Å². The molecule has 0 aliphatic carbocycles.